The van der Waals surface area contributed by atoms with Crippen LogP contribution in [-0.4, -0.2) is 5.78 Å². The molecule has 0 N–H and O–H groups in total. The maximum Gasteiger partial charge on any atom is 4.00 e. The van der Waals surface area contributed by atoms with Crippen LogP contribution < -0.4 is 0 Å². The molecule has 0 aliphatic heterocycles. The molecule has 15 heavy (non-hydrogen) atoms. The number of unbranched alkanes of at least 4 members (excludes halogenated alkanes) is 6. The Morgan fingerprint density at radius 3 is 1.67 bits per heavy atom. The number of hydrogen-bond donors (Lipinski definition) is 0. The standard InChI is InChI=1S/C11H22O.2O.Ti/c1-3-4-5-6-7-8-9-10-11(2)12;;;/h3-10H2,1-2H3;;;/q;2*-2;+4. The van der Waals surface area contributed by atoms with Crippen molar-refractivity contribution < 1.29 is 37.5 Å². The molecule has 0 atom stereocenters. The van der Waals surface area contributed by atoms with Gasteiger partial charge in [0, 0.05) is 6.42 Å². The molecule has 0 unspecified atom stereocenters. The van der Waals surface area contributed by atoms with Gasteiger partial charge in [-0.25, -0.2) is 0 Å². The fraction of sp³-hybridized carbons (Fsp3) is 0.909. The van der Waals surface area contributed by atoms with Crippen molar-refractivity contribution in [3.8, 4) is 0 Å². The van der Waals surface area contributed by atoms with Gasteiger partial charge in [-0.15, -0.1) is 0 Å². The summed E-state index contributed by atoms with van der Waals surface area (Å²) in [6.45, 7) is 3.91. The fourth-order valence-electron chi connectivity index (χ4n) is 1.33. The van der Waals surface area contributed by atoms with Crippen LogP contribution in [0.2, 0.25) is 0 Å². The van der Waals surface area contributed by atoms with Gasteiger partial charge < -0.3 is 15.7 Å². The molecule has 0 bridgehead atoms. The zero-order chi connectivity index (χ0) is 9.23. The molecule has 0 rings (SSSR count). The minimum atomic E-state index is 0. The Balaban J connectivity index is -0.000000202. The molecule has 0 fully saturated rings. The van der Waals surface area contributed by atoms with Gasteiger partial charge in [0.2, 0.25) is 0 Å². The fourth-order valence-corrected chi connectivity index (χ4v) is 1.33. The maximum absolute atomic E-state index is 10.6. The molecular formula is C11H22O3Ti. The monoisotopic (exact) mass is 250 g/mol. The quantitative estimate of drug-likeness (QED) is 0.480. The third kappa shape index (κ3) is 25.0. The Hall–Kier alpha value is 0.304. The zero-order valence-electron chi connectivity index (χ0n) is 9.88. The molecule has 0 heterocycles. The van der Waals surface area contributed by atoms with Gasteiger partial charge in [0.15, 0.2) is 0 Å². The van der Waals surface area contributed by atoms with Crippen LogP contribution in [-0.2, 0) is 37.5 Å². The van der Waals surface area contributed by atoms with E-state index in [1.54, 1.807) is 6.92 Å². The first-order valence-electron chi connectivity index (χ1n) is 5.26. The molecule has 0 radical (unpaired) electrons. The zero-order valence-corrected chi connectivity index (χ0v) is 11.4. The van der Waals surface area contributed by atoms with Crippen molar-refractivity contribution in [2.24, 2.45) is 0 Å². The summed E-state index contributed by atoms with van der Waals surface area (Å²) in [6.07, 6.45) is 9.84. The van der Waals surface area contributed by atoms with Crippen molar-refractivity contribution >= 4 is 5.78 Å². The van der Waals surface area contributed by atoms with Crippen molar-refractivity contribution in [3.05, 3.63) is 0 Å². The minimum absolute atomic E-state index is 0. The van der Waals surface area contributed by atoms with Gasteiger partial charge in [-0.1, -0.05) is 45.4 Å². The summed E-state index contributed by atoms with van der Waals surface area (Å²) in [5, 5.41) is 0. The molecule has 0 aromatic rings. The molecule has 0 saturated carbocycles. The van der Waals surface area contributed by atoms with E-state index in [-0.39, 0.29) is 32.7 Å². The van der Waals surface area contributed by atoms with Crippen molar-refractivity contribution in [1.29, 1.82) is 0 Å². The third-order valence-electron chi connectivity index (χ3n) is 2.13. The van der Waals surface area contributed by atoms with E-state index in [1.807, 2.05) is 0 Å². The maximum atomic E-state index is 10.6. The van der Waals surface area contributed by atoms with Crippen LogP contribution in [0.15, 0.2) is 0 Å². The van der Waals surface area contributed by atoms with Crippen LogP contribution in [0, 0.1) is 0 Å². The number of carbonyl (C=O) groups excluding carboxylic acids is 1. The topological polar surface area (TPSA) is 74.1 Å². The van der Waals surface area contributed by atoms with E-state index in [4.69, 9.17) is 0 Å². The molecule has 0 saturated heterocycles. The van der Waals surface area contributed by atoms with E-state index in [0.717, 1.165) is 12.8 Å². The van der Waals surface area contributed by atoms with Gasteiger partial charge >= 0.3 is 21.7 Å². The first kappa shape index (κ1) is 24.5. The number of ketones is 1. The third-order valence-corrected chi connectivity index (χ3v) is 2.13. The second kappa shape index (κ2) is 19.8. The van der Waals surface area contributed by atoms with Gasteiger partial charge in [0.1, 0.15) is 5.78 Å². The predicted octanol–water partition coefficient (Wildman–Crippen LogP) is 3.48. The van der Waals surface area contributed by atoms with Crippen molar-refractivity contribution in [3.63, 3.8) is 0 Å². The van der Waals surface area contributed by atoms with Crippen LogP contribution in [0.1, 0.15) is 65.2 Å². The smallest absolute Gasteiger partial charge is 2.00 e. The first-order valence-corrected chi connectivity index (χ1v) is 5.26. The summed E-state index contributed by atoms with van der Waals surface area (Å²) in [6, 6.07) is 0. The first-order chi connectivity index (χ1) is 5.77. The van der Waals surface area contributed by atoms with Gasteiger partial charge in [0.05, 0.1) is 0 Å². The second-order valence-corrected chi connectivity index (χ2v) is 3.57. The van der Waals surface area contributed by atoms with Crippen LogP contribution in [0.3, 0.4) is 0 Å². The summed E-state index contributed by atoms with van der Waals surface area (Å²) in [5.41, 5.74) is 0. The van der Waals surface area contributed by atoms with E-state index >= 15 is 0 Å². The van der Waals surface area contributed by atoms with E-state index in [0.29, 0.717) is 5.78 Å². The molecular weight excluding hydrogens is 228 g/mol. The predicted molar refractivity (Wildman–Crippen MR) is 54.7 cm³/mol. The van der Waals surface area contributed by atoms with Crippen molar-refractivity contribution in [2.75, 3.05) is 0 Å². The van der Waals surface area contributed by atoms with Gasteiger partial charge in [-0.2, -0.15) is 0 Å². The van der Waals surface area contributed by atoms with Gasteiger partial charge in [0.25, 0.3) is 0 Å². The summed E-state index contributed by atoms with van der Waals surface area (Å²) in [4.78, 5) is 10.6. The van der Waals surface area contributed by atoms with E-state index in [1.165, 1.54) is 38.5 Å². The minimum Gasteiger partial charge on any atom is -2.00 e. The summed E-state index contributed by atoms with van der Waals surface area (Å²) in [7, 11) is 0. The average Bonchev–Trinajstić information content (AvgIpc) is 2.02. The SMILES string of the molecule is CCCCCCCCCC(C)=O.[O-2].[O-2].[Ti+4]. The Morgan fingerprint density at radius 1 is 0.867 bits per heavy atom. The molecule has 0 aromatic heterocycles. The Morgan fingerprint density at radius 2 is 1.27 bits per heavy atom. The molecule has 0 spiro atoms. The Labute approximate surface area is 109 Å². The molecule has 88 valence electrons. The van der Waals surface area contributed by atoms with Crippen molar-refractivity contribution in [1.82, 2.24) is 0 Å². The molecule has 3 nitrogen and oxygen atoms in total. The van der Waals surface area contributed by atoms with Crippen LogP contribution in [0.5, 0.6) is 0 Å². The Kier molecular flexibility index (Phi) is 32.4. The molecule has 0 aliphatic rings. The number of hydrogen-bond acceptors (Lipinski definition) is 1. The summed E-state index contributed by atoms with van der Waals surface area (Å²) < 4.78 is 0. The van der Waals surface area contributed by atoms with Crippen molar-refractivity contribution in [2.45, 2.75) is 65.2 Å². The number of rotatable bonds is 8. The molecule has 4 heteroatoms. The van der Waals surface area contributed by atoms with Gasteiger partial charge in [-0.05, 0) is 13.3 Å². The second-order valence-electron chi connectivity index (χ2n) is 3.57. The van der Waals surface area contributed by atoms with E-state index < -0.39 is 0 Å². The summed E-state index contributed by atoms with van der Waals surface area (Å²) >= 11 is 0. The largest absolute Gasteiger partial charge is 4.00 e. The van der Waals surface area contributed by atoms with Crippen LogP contribution in [0.4, 0.5) is 0 Å². The van der Waals surface area contributed by atoms with Crippen LogP contribution >= 0.6 is 0 Å². The van der Waals surface area contributed by atoms with Gasteiger partial charge in [-0.3, -0.25) is 0 Å². The van der Waals surface area contributed by atoms with E-state index in [2.05, 4.69) is 6.92 Å². The molecule has 0 aromatic carbocycles. The number of carbonyl (C=O) groups is 1. The molecule has 0 aliphatic carbocycles. The summed E-state index contributed by atoms with van der Waals surface area (Å²) in [5.74, 6) is 0.337. The van der Waals surface area contributed by atoms with E-state index in [9.17, 15) is 4.79 Å². The van der Waals surface area contributed by atoms with Crippen LogP contribution in [0.25, 0.3) is 0 Å². The number of Topliss-reactive ketones (excluding diaryl/α,β-unsaturated/α-hetero) is 1. The average molecular weight is 250 g/mol. The normalized spacial score (nSPS) is 8.13. The molecule has 0 amide bonds. The Bertz CT molecular complexity index is 118.